The van der Waals surface area contributed by atoms with E-state index in [1.807, 2.05) is 7.11 Å². The van der Waals surface area contributed by atoms with E-state index in [0.717, 1.165) is 25.7 Å². The fraction of sp³-hybridized carbons (Fsp3) is 0.625. The van der Waals surface area contributed by atoms with Crippen molar-refractivity contribution in [3.63, 3.8) is 0 Å². The predicted octanol–water partition coefficient (Wildman–Crippen LogP) is 2.55. The summed E-state index contributed by atoms with van der Waals surface area (Å²) in [5, 5.41) is 3.55. The van der Waals surface area contributed by atoms with Gasteiger partial charge >= 0.3 is 0 Å². The molecule has 1 heterocycles. The van der Waals surface area contributed by atoms with Gasteiger partial charge in [-0.2, -0.15) is 0 Å². The van der Waals surface area contributed by atoms with Gasteiger partial charge in [-0.3, -0.25) is 0 Å². The summed E-state index contributed by atoms with van der Waals surface area (Å²) in [5.41, 5.74) is 2.72. The summed E-state index contributed by atoms with van der Waals surface area (Å²) in [6, 6.07) is 9.79. The van der Waals surface area contributed by atoms with Gasteiger partial charge in [-0.25, -0.2) is 0 Å². The summed E-state index contributed by atoms with van der Waals surface area (Å²) in [4.78, 5) is 2.44. The van der Waals surface area contributed by atoms with Gasteiger partial charge in [0.15, 0.2) is 0 Å². The first kappa shape index (κ1) is 12.9. The van der Waals surface area contributed by atoms with Crippen molar-refractivity contribution in [3.05, 3.63) is 29.8 Å². The molecule has 0 bridgehead atoms. The van der Waals surface area contributed by atoms with E-state index in [1.54, 1.807) is 0 Å². The first-order valence-corrected chi connectivity index (χ1v) is 7.45. The predicted molar refractivity (Wildman–Crippen MR) is 78.5 cm³/mol. The van der Waals surface area contributed by atoms with Gasteiger partial charge < -0.3 is 15.0 Å². The molecule has 104 valence electrons. The number of nitrogens with zero attached hydrogens (tertiary/aromatic N) is 1. The third kappa shape index (κ3) is 3.48. The van der Waals surface area contributed by atoms with Crippen molar-refractivity contribution in [1.29, 1.82) is 0 Å². The van der Waals surface area contributed by atoms with E-state index in [9.17, 15) is 0 Å². The molecule has 1 aliphatic carbocycles. The molecule has 1 aromatic rings. The first-order valence-electron chi connectivity index (χ1n) is 7.45. The Labute approximate surface area is 115 Å². The minimum absolute atomic E-state index is 0.393. The quantitative estimate of drug-likeness (QED) is 0.880. The zero-order valence-electron chi connectivity index (χ0n) is 11.8. The molecule has 1 N–H and O–H groups in total. The SMILES string of the molecule is COC1CCCN(c2ccc(CNC3CC3)cc2)C1. The summed E-state index contributed by atoms with van der Waals surface area (Å²) in [5.74, 6) is 0. The average Bonchev–Trinajstić information content (AvgIpc) is 3.30. The van der Waals surface area contributed by atoms with Crippen LogP contribution in [0.5, 0.6) is 0 Å². The van der Waals surface area contributed by atoms with Crippen LogP contribution in [0.25, 0.3) is 0 Å². The van der Waals surface area contributed by atoms with Gasteiger partial charge in [-0.15, -0.1) is 0 Å². The van der Waals surface area contributed by atoms with Crippen LogP contribution in [0.3, 0.4) is 0 Å². The summed E-state index contributed by atoms with van der Waals surface area (Å²) in [7, 11) is 1.82. The van der Waals surface area contributed by atoms with Crippen LogP contribution in [0.4, 0.5) is 5.69 Å². The maximum atomic E-state index is 5.49. The highest BCUT2D eigenvalue weighted by Gasteiger charge is 2.21. The van der Waals surface area contributed by atoms with Crippen molar-refractivity contribution in [1.82, 2.24) is 5.32 Å². The van der Waals surface area contributed by atoms with Crippen LogP contribution in [0.1, 0.15) is 31.2 Å². The molecule has 2 aliphatic rings. The number of rotatable bonds is 5. The Hall–Kier alpha value is -1.06. The highest BCUT2D eigenvalue weighted by Crippen LogP contribution is 2.22. The molecule has 0 aromatic heterocycles. The summed E-state index contributed by atoms with van der Waals surface area (Å²) in [6.45, 7) is 3.18. The van der Waals surface area contributed by atoms with Gasteiger partial charge in [0.2, 0.25) is 0 Å². The van der Waals surface area contributed by atoms with E-state index in [4.69, 9.17) is 4.74 Å². The van der Waals surface area contributed by atoms with Crippen molar-refractivity contribution in [2.75, 3.05) is 25.1 Å². The molecule has 1 atom stereocenters. The van der Waals surface area contributed by atoms with Gasteiger partial charge in [0, 0.05) is 38.5 Å². The molecular formula is C16H24N2O. The Balaban J connectivity index is 1.57. The molecule has 2 fully saturated rings. The van der Waals surface area contributed by atoms with E-state index in [-0.39, 0.29) is 0 Å². The van der Waals surface area contributed by atoms with Gasteiger partial charge in [0.05, 0.1) is 6.10 Å². The highest BCUT2D eigenvalue weighted by atomic mass is 16.5. The van der Waals surface area contributed by atoms with E-state index >= 15 is 0 Å². The van der Waals surface area contributed by atoms with Crippen LogP contribution in [-0.2, 0) is 11.3 Å². The third-order valence-corrected chi connectivity index (χ3v) is 4.19. The molecule has 0 spiro atoms. The molecule has 1 unspecified atom stereocenters. The maximum absolute atomic E-state index is 5.49. The number of hydrogen-bond acceptors (Lipinski definition) is 3. The Morgan fingerprint density at radius 1 is 1.21 bits per heavy atom. The van der Waals surface area contributed by atoms with Gasteiger partial charge in [-0.05, 0) is 43.4 Å². The second-order valence-electron chi connectivity index (χ2n) is 5.77. The normalized spacial score (nSPS) is 23.6. The smallest absolute Gasteiger partial charge is 0.0746 e. The zero-order chi connectivity index (χ0) is 13.1. The summed E-state index contributed by atoms with van der Waals surface area (Å²) < 4.78 is 5.49. The second kappa shape index (κ2) is 5.93. The Morgan fingerprint density at radius 2 is 2.00 bits per heavy atom. The van der Waals surface area contributed by atoms with Crippen molar-refractivity contribution in [3.8, 4) is 0 Å². The highest BCUT2D eigenvalue weighted by molar-refractivity contribution is 5.48. The van der Waals surface area contributed by atoms with E-state index in [0.29, 0.717) is 6.10 Å². The Morgan fingerprint density at radius 3 is 2.68 bits per heavy atom. The molecule has 0 radical (unpaired) electrons. The number of hydrogen-bond donors (Lipinski definition) is 1. The standard InChI is InChI=1S/C16H24N2O/c1-19-16-3-2-10-18(12-16)15-8-4-13(5-9-15)11-17-14-6-7-14/h4-5,8-9,14,16-17H,2-3,6-7,10-12H2,1H3. The fourth-order valence-corrected chi connectivity index (χ4v) is 2.74. The maximum Gasteiger partial charge on any atom is 0.0746 e. The van der Waals surface area contributed by atoms with Crippen molar-refractivity contribution in [2.24, 2.45) is 0 Å². The molecule has 1 saturated heterocycles. The van der Waals surface area contributed by atoms with Crippen LogP contribution in [0, 0.1) is 0 Å². The fourth-order valence-electron chi connectivity index (χ4n) is 2.74. The Kier molecular flexibility index (Phi) is 4.04. The lowest BCUT2D eigenvalue weighted by Crippen LogP contribution is -2.39. The second-order valence-corrected chi connectivity index (χ2v) is 5.77. The number of anilines is 1. The molecule has 1 aliphatic heterocycles. The molecule has 0 amide bonds. The van der Waals surface area contributed by atoms with Crippen LogP contribution in [0.15, 0.2) is 24.3 Å². The van der Waals surface area contributed by atoms with Crippen molar-refractivity contribution < 1.29 is 4.74 Å². The monoisotopic (exact) mass is 260 g/mol. The summed E-state index contributed by atoms with van der Waals surface area (Å²) in [6.07, 6.45) is 5.51. The number of ether oxygens (including phenoxy) is 1. The van der Waals surface area contributed by atoms with Crippen molar-refractivity contribution >= 4 is 5.69 Å². The van der Waals surface area contributed by atoms with Crippen LogP contribution >= 0.6 is 0 Å². The van der Waals surface area contributed by atoms with Crippen LogP contribution in [-0.4, -0.2) is 32.3 Å². The third-order valence-electron chi connectivity index (χ3n) is 4.19. The number of piperidine rings is 1. The number of methoxy groups -OCH3 is 1. The van der Waals surface area contributed by atoms with Gasteiger partial charge in [0.1, 0.15) is 0 Å². The molecule has 1 saturated carbocycles. The molecule has 19 heavy (non-hydrogen) atoms. The lowest BCUT2D eigenvalue weighted by molar-refractivity contribution is 0.0893. The minimum Gasteiger partial charge on any atom is -0.380 e. The average molecular weight is 260 g/mol. The van der Waals surface area contributed by atoms with Crippen LogP contribution < -0.4 is 10.2 Å². The molecule has 3 rings (SSSR count). The van der Waals surface area contributed by atoms with Crippen molar-refractivity contribution in [2.45, 2.75) is 44.4 Å². The van der Waals surface area contributed by atoms with Gasteiger partial charge in [-0.1, -0.05) is 12.1 Å². The first-order chi connectivity index (χ1) is 9.35. The number of benzene rings is 1. The van der Waals surface area contributed by atoms with E-state index in [2.05, 4.69) is 34.5 Å². The lowest BCUT2D eigenvalue weighted by Gasteiger charge is -2.33. The largest absolute Gasteiger partial charge is 0.380 e. The van der Waals surface area contributed by atoms with E-state index < -0.39 is 0 Å². The van der Waals surface area contributed by atoms with Gasteiger partial charge in [0.25, 0.3) is 0 Å². The minimum atomic E-state index is 0.393. The van der Waals surface area contributed by atoms with Crippen LogP contribution in [0.2, 0.25) is 0 Å². The zero-order valence-corrected chi connectivity index (χ0v) is 11.8. The molecule has 1 aromatic carbocycles. The lowest BCUT2D eigenvalue weighted by atomic mass is 10.1. The molecular weight excluding hydrogens is 236 g/mol. The molecule has 3 heteroatoms. The van der Waals surface area contributed by atoms with E-state index in [1.165, 1.54) is 36.9 Å². The molecule has 3 nitrogen and oxygen atoms in total. The summed E-state index contributed by atoms with van der Waals surface area (Å²) >= 11 is 0. The number of nitrogens with one attached hydrogen (secondary N) is 1. The topological polar surface area (TPSA) is 24.5 Å². The Bertz CT molecular complexity index is 400.